The molecule has 0 bridgehead atoms. The molecule has 0 radical (unpaired) electrons. The molecule has 31 heavy (non-hydrogen) atoms. The maximum Gasteiger partial charge on any atom is 0.227 e. The number of halogens is 1. The Labute approximate surface area is 191 Å². The number of hydrogen-bond acceptors (Lipinski definition) is 2. The number of benzene rings is 2. The van der Waals surface area contributed by atoms with Crippen molar-refractivity contribution in [2.75, 3.05) is 0 Å². The first kappa shape index (κ1) is 21.3. The van der Waals surface area contributed by atoms with Crippen molar-refractivity contribution in [2.45, 2.75) is 39.4 Å². The molecular formula is C26H26BrN3O. The predicted octanol–water partition coefficient (Wildman–Crippen LogP) is 5.83. The summed E-state index contributed by atoms with van der Waals surface area (Å²) in [5.74, 6) is 0.117. The Morgan fingerprint density at radius 3 is 2.61 bits per heavy atom. The third kappa shape index (κ3) is 5.05. The van der Waals surface area contributed by atoms with Crippen molar-refractivity contribution in [3.63, 3.8) is 0 Å². The predicted molar refractivity (Wildman–Crippen MR) is 129 cm³/mol. The van der Waals surface area contributed by atoms with Crippen molar-refractivity contribution in [1.82, 2.24) is 14.5 Å². The van der Waals surface area contributed by atoms with Crippen molar-refractivity contribution in [2.24, 2.45) is 0 Å². The average Bonchev–Trinajstić information content (AvgIpc) is 3.09. The van der Waals surface area contributed by atoms with Crippen molar-refractivity contribution in [3.8, 4) is 0 Å². The third-order valence-electron chi connectivity index (χ3n) is 5.46. The summed E-state index contributed by atoms with van der Waals surface area (Å²) in [6, 6.07) is 22.6. The summed E-state index contributed by atoms with van der Waals surface area (Å²) in [5.41, 5.74) is 4.32. The van der Waals surface area contributed by atoms with E-state index < -0.39 is 0 Å². The lowest BCUT2D eigenvalue weighted by atomic mass is 10.1. The Morgan fingerprint density at radius 1 is 1.06 bits per heavy atom. The van der Waals surface area contributed by atoms with Gasteiger partial charge in [-0.2, -0.15) is 0 Å². The fourth-order valence-corrected chi connectivity index (χ4v) is 4.36. The Balaban J connectivity index is 1.60. The first-order chi connectivity index (χ1) is 15.0. The molecule has 2 aromatic heterocycles. The minimum atomic E-state index is 0.101. The van der Waals surface area contributed by atoms with Crippen LogP contribution < -0.4 is 0 Å². The number of fused-ring (bicyclic) bond motifs is 1. The summed E-state index contributed by atoms with van der Waals surface area (Å²) in [5, 5.41) is 1.13. The molecule has 2 aromatic carbocycles. The fraction of sp³-hybridized carbons (Fsp3) is 0.231. The van der Waals surface area contributed by atoms with Crippen molar-refractivity contribution < 1.29 is 4.79 Å². The van der Waals surface area contributed by atoms with E-state index in [0.29, 0.717) is 13.0 Å². The van der Waals surface area contributed by atoms with Gasteiger partial charge in [0, 0.05) is 40.4 Å². The van der Waals surface area contributed by atoms with Crippen molar-refractivity contribution >= 4 is 32.7 Å². The van der Waals surface area contributed by atoms with Crippen LogP contribution in [-0.2, 0) is 24.3 Å². The molecule has 158 valence electrons. The number of para-hydroxylation sites is 1. The third-order valence-corrected chi connectivity index (χ3v) is 5.95. The summed E-state index contributed by atoms with van der Waals surface area (Å²) >= 11 is 3.56. The SMILES string of the molecule is CC(C)N(Cc1ccccn1)C(=O)Cc1cn(Cc2cccc(Br)c2)c2ccccc12. The zero-order valence-electron chi connectivity index (χ0n) is 17.8. The van der Waals surface area contributed by atoms with Gasteiger partial charge in [-0.15, -0.1) is 0 Å². The highest BCUT2D eigenvalue weighted by molar-refractivity contribution is 9.10. The van der Waals surface area contributed by atoms with Crippen LogP contribution >= 0.6 is 15.9 Å². The summed E-state index contributed by atoms with van der Waals surface area (Å²) in [4.78, 5) is 19.6. The van der Waals surface area contributed by atoms with Gasteiger partial charge in [0.05, 0.1) is 18.7 Å². The van der Waals surface area contributed by atoms with Crippen LogP contribution in [0.4, 0.5) is 0 Å². The van der Waals surface area contributed by atoms with Gasteiger partial charge in [0.15, 0.2) is 0 Å². The zero-order valence-corrected chi connectivity index (χ0v) is 19.4. The highest BCUT2D eigenvalue weighted by Gasteiger charge is 2.20. The van der Waals surface area contributed by atoms with Crippen LogP contribution in [0.25, 0.3) is 10.9 Å². The second kappa shape index (κ2) is 9.48. The number of nitrogens with zero attached hydrogens (tertiary/aromatic N) is 3. The van der Waals surface area contributed by atoms with E-state index in [1.807, 2.05) is 47.4 Å². The number of rotatable bonds is 7. The molecule has 0 saturated heterocycles. The largest absolute Gasteiger partial charge is 0.343 e. The van der Waals surface area contributed by atoms with Gasteiger partial charge in [0.25, 0.3) is 0 Å². The summed E-state index contributed by atoms with van der Waals surface area (Å²) in [7, 11) is 0. The van der Waals surface area contributed by atoms with Gasteiger partial charge >= 0.3 is 0 Å². The Morgan fingerprint density at radius 2 is 1.87 bits per heavy atom. The molecule has 0 aliphatic heterocycles. The first-order valence-corrected chi connectivity index (χ1v) is 11.3. The molecule has 0 N–H and O–H groups in total. The first-order valence-electron chi connectivity index (χ1n) is 10.5. The number of carbonyl (C=O) groups is 1. The molecule has 2 heterocycles. The second-order valence-corrected chi connectivity index (χ2v) is 8.96. The fourth-order valence-electron chi connectivity index (χ4n) is 3.92. The average molecular weight is 476 g/mol. The van der Waals surface area contributed by atoms with E-state index in [0.717, 1.165) is 33.2 Å². The number of aromatic nitrogens is 2. The van der Waals surface area contributed by atoms with Crippen LogP contribution in [0.2, 0.25) is 0 Å². The second-order valence-electron chi connectivity index (χ2n) is 8.04. The maximum atomic E-state index is 13.3. The van der Waals surface area contributed by atoms with Crippen molar-refractivity contribution in [3.05, 3.63) is 100 Å². The minimum Gasteiger partial charge on any atom is -0.343 e. The van der Waals surface area contributed by atoms with Gasteiger partial charge in [-0.1, -0.05) is 52.3 Å². The van der Waals surface area contributed by atoms with Gasteiger partial charge in [-0.05, 0) is 55.3 Å². The summed E-state index contributed by atoms with van der Waals surface area (Å²) in [6.45, 7) is 5.39. The maximum absolute atomic E-state index is 13.3. The highest BCUT2D eigenvalue weighted by Crippen LogP contribution is 2.24. The number of hydrogen-bond donors (Lipinski definition) is 0. The van der Waals surface area contributed by atoms with Crippen LogP contribution in [0.5, 0.6) is 0 Å². The van der Waals surface area contributed by atoms with Gasteiger partial charge in [0.2, 0.25) is 5.91 Å². The monoisotopic (exact) mass is 475 g/mol. The van der Waals surface area contributed by atoms with E-state index in [1.165, 1.54) is 5.56 Å². The molecule has 4 nitrogen and oxygen atoms in total. The normalized spacial score (nSPS) is 11.2. The lowest BCUT2D eigenvalue weighted by Crippen LogP contribution is -2.37. The molecule has 0 unspecified atom stereocenters. The lowest BCUT2D eigenvalue weighted by Gasteiger charge is -2.26. The molecule has 0 atom stereocenters. The Bertz CT molecular complexity index is 1180. The Kier molecular flexibility index (Phi) is 6.52. The lowest BCUT2D eigenvalue weighted by molar-refractivity contribution is -0.132. The number of pyridine rings is 1. The summed E-state index contributed by atoms with van der Waals surface area (Å²) < 4.78 is 3.30. The summed E-state index contributed by atoms with van der Waals surface area (Å²) in [6.07, 6.45) is 4.27. The van der Waals surface area contributed by atoms with E-state index in [-0.39, 0.29) is 11.9 Å². The Hall–Kier alpha value is -2.92. The molecule has 0 spiro atoms. The van der Waals surface area contributed by atoms with E-state index in [2.05, 4.69) is 69.8 Å². The quantitative estimate of drug-likeness (QED) is 0.337. The molecule has 0 fully saturated rings. The molecule has 1 amide bonds. The van der Waals surface area contributed by atoms with E-state index in [4.69, 9.17) is 0 Å². The molecule has 4 rings (SSSR count). The molecule has 4 aromatic rings. The van der Waals surface area contributed by atoms with Crippen LogP contribution in [0.15, 0.2) is 83.6 Å². The van der Waals surface area contributed by atoms with Crippen LogP contribution in [0.3, 0.4) is 0 Å². The van der Waals surface area contributed by atoms with Crippen molar-refractivity contribution in [1.29, 1.82) is 0 Å². The van der Waals surface area contributed by atoms with Gasteiger partial charge in [-0.25, -0.2) is 0 Å². The highest BCUT2D eigenvalue weighted by atomic mass is 79.9. The molecule has 0 aliphatic carbocycles. The standard InChI is InChI=1S/C26H26BrN3O/c1-19(2)30(18-23-10-5-6-13-28-23)26(31)15-21-17-29(25-12-4-3-11-24(21)25)16-20-8-7-9-22(27)14-20/h3-14,17,19H,15-16,18H2,1-2H3. The minimum absolute atomic E-state index is 0.101. The molecular weight excluding hydrogens is 450 g/mol. The number of carbonyl (C=O) groups excluding carboxylic acids is 1. The van der Waals surface area contributed by atoms with Gasteiger partial charge in [0.1, 0.15) is 0 Å². The number of amides is 1. The molecule has 5 heteroatoms. The molecule has 0 aliphatic rings. The van der Waals surface area contributed by atoms with Gasteiger partial charge < -0.3 is 9.47 Å². The topological polar surface area (TPSA) is 38.1 Å². The smallest absolute Gasteiger partial charge is 0.227 e. The van der Waals surface area contributed by atoms with E-state index >= 15 is 0 Å². The zero-order chi connectivity index (χ0) is 21.8. The van der Waals surface area contributed by atoms with E-state index in [9.17, 15) is 4.79 Å². The van der Waals surface area contributed by atoms with Gasteiger partial charge in [-0.3, -0.25) is 9.78 Å². The molecule has 0 saturated carbocycles. The van der Waals surface area contributed by atoms with Crippen LogP contribution in [0, 0.1) is 0 Å². The van der Waals surface area contributed by atoms with Crippen LogP contribution in [0.1, 0.15) is 30.7 Å². The van der Waals surface area contributed by atoms with E-state index in [1.54, 1.807) is 6.20 Å². The van der Waals surface area contributed by atoms with Crippen LogP contribution in [-0.4, -0.2) is 26.4 Å².